The highest BCUT2D eigenvalue weighted by molar-refractivity contribution is 5.90. The zero-order valence-electron chi connectivity index (χ0n) is 4.89. The molecule has 1 unspecified atom stereocenters. The summed E-state index contributed by atoms with van der Waals surface area (Å²) in [5, 5.41) is 11.3. The molecule has 1 atom stereocenters. The lowest BCUT2D eigenvalue weighted by atomic mass is 10.3. The summed E-state index contributed by atoms with van der Waals surface area (Å²) >= 11 is 0. The first-order chi connectivity index (χ1) is 3.75. The summed E-state index contributed by atoms with van der Waals surface area (Å²) in [6, 6.07) is 0. The molecule has 0 bridgehead atoms. The number of hydrogen-bond donors (Lipinski definition) is 1. The summed E-state index contributed by atoms with van der Waals surface area (Å²) in [6.45, 7) is 5.53. The van der Waals surface area contributed by atoms with E-state index in [4.69, 9.17) is 5.21 Å². The van der Waals surface area contributed by atoms with Crippen LogP contribution in [0.2, 0.25) is 0 Å². The van der Waals surface area contributed by atoms with E-state index in [0.29, 0.717) is 5.92 Å². The van der Waals surface area contributed by atoms with Gasteiger partial charge in [-0.2, -0.15) is 0 Å². The molecule has 0 aliphatic heterocycles. The van der Waals surface area contributed by atoms with E-state index in [2.05, 4.69) is 11.7 Å². The highest BCUT2D eigenvalue weighted by Crippen LogP contribution is 2.36. The molecule has 1 saturated carbocycles. The van der Waals surface area contributed by atoms with Gasteiger partial charge in [-0.15, -0.1) is 0 Å². The normalized spacial score (nSPS) is 28.4. The zero-order chi connectivity index (χ0) is 6.15. The van der Waals surface area contributed by atoms with Gasteiger partial charge in [0.15, 0.2) is 0 Å². The average molecular weight is 111 g/mol. The third-order valence-electron chi connectivity index (χ3n) is 1.46. The van der Waals surface area contributed by atoms with Crippen LogP contribution in [0.5, 0.6) is 0 Å². The molecule has 2 heteroatoms. The lowest BCUT2D eigenvalue weighted by Crippen LogP contribution is -1.91. The van der Waals surface area contributed by atoms with Crippen molar-refractivity contribution in [2.45, 2.75) is 13.3 Å². The largest absolute Gasteiger partial charge is 0.411 e. The second-order valence-electron chi connectivity index (χ2n) is 2.16. The molecule has 1 aliphatic carbocycles. The Bertz CT molecular complexity index is 149. The molecule has 0 heterocycles. The standard InChI is InChI=1S/C6H9NO/c1-4-3-6(4)5(2)7-8/h6,8H,1,3H2,2H3. The second kappa shape index (κ2) is 1.62. The molecular weight excluding hydrogens is 102 g/mol. The van der Waals surface area contributed by atoms with Gasteiger partial charge in [-0.25, -0.2) is 0 Å². The fourth-order valence-electron chi connectivity index (χ4n) is 0.716. The third-order valence-corrected chi connectivity index (χ3v) is 1.46. The van der Waals surface area contributed by atoms with E-state index in [0.717, 1.165) is 12.1 Å². The van der Waals surface area contributed by atoms with Crippen LogP contribution in [0.25, 0.3) is 0 Å². The van der Waals surface area contributed by atoms with E-state index in [-0.39, 0.29) is 0 Å². The van der Waals surface area contributed by atoms with Crippen LogP contribution in [0.4, 0.5) is 0 Å². The van der Waals surface area contributed by atoms with Gasteiger partial charge in [-0.3, -0.25) is 0 Å². The van der Waals surface area contributed by atoms with E-state index in [9.17, 15) is 0 Å². The molecule has 8 heavy (non-hydrogen) atoms. The van der Waals surface area contributed by atoms with Gasteiger partial charge in [0, 0.05) is 5.92 Å². The van der Waals surface area contributed by atoms with Crippen LogP contribution in [0.3, 0.4) is 0 Å². The minimum absolute atomic E-state index is 0.389. The minimum Gasteiger partial charge on any atom is -0.411 e. The molecule has 0 aromatic heterocycles. The van der Waals surface area contributed by atoms with E-state index >= 15 is 0 Å². The Morgan fingerprint density at radius 3 is 2.62 bits per heavy atom. The van der Waals surface area contributed by atoms with Crippen molar-refractivity contribution < 1.29 is 5.21 Å². The molecule has 0 amide bonds. The number of nitrogens with zero attached hydrogens (tertiary/aromatic N) is 1. The summed E-state index contributed by atoms with van der Waals surface area (Å²) in [5.41, 5.74) is 1.97. The van der Waals surface area contributed by atoms with Crippen LogP contribution in [-0.4, -0.2) is 10.9 Å². The van der Waals surface area contributed by atoms with Gasteiger partial charge in [0.05, 0.1) is 5.71 Å². The second-order valence-corrected chi connectivity index (χ2v) is 2.16. The molecular formula is C6H9NO. The summed E-state index contributed by atoms with van der Waals surface area (Å²) in [4.78, 5) is 0. The number of hydrogen-bond acceptors (Lipinski definition) is 2. The van der Waals surface area contributed by atoms with Crippen LogP contribution in [0, 0.1) is 5.92 Å². The predicted octanol–water partition coefficient (Wildman–Crippen LogP) is 1.41. The first-order valence-electron chi connectivity index (χ1n) is 2.62. The lowest BCUT2D eigenvalue weighted by Gasteiger charge is -1.85. The molecule has 0 radical (unpaired) electrons. The van der Waals surface area contributed by atoms with Gasteiger partial charge in [0.25, 0.3) is 0 Å². The van der Waals surface area contributed by atoms with E-state index < -0.39 is 0 Å². The Hall–Kier alpha value is -0.790. The monoisotopic (exact) mass is 111 g/mol. The highest BCUT2D eigenvalue weighted by Gasteiger charge is 2.30. The molecule has 1 aliphatic rings. The van der Waals surface area contributed by atoms with Crippen molar-refractivity contribution in [3.63, 3.8) is 0 Å². The van der Waals surface area contributed by atoms with Crippen molar-refractivity contribution in [1.82, 2.24) is 0 Å². The molecule has 0 aromatic carbocycles. The number of oxime groups is 1. The zero-order valence-corrected chi connectivity index (χ0v) is 4.89. The maximum atomic E-state index is 8.21. The third kappa shape index (κ3) is 0.735. The Balaban J connectivity index is 2.51. The van der Waals surface area contributed by atoms with Gasteiger partial charge >= 0.3 is 0 Å². The van der Waals surface area contributed by atoms with Gasteiger partial charge in [-0.1, -0.05) is 17.3 Å². The average Bonchev–Trinajstić information content (AvgIpc) is 2.45. The summed E-state index contributed by atoms with van der Waals surface area (Å²) in [7, 11) is 0. The predicted molar refractivity (Wildman–Crippen MR) is 32.1 cm³/mol. The lowest BCUT2D eigenvalue weighted by molar-refractivity contribution is 0.317. The van der Waals surface area contributed by atoms with Crippen molar-refractivity contribution >= 4 is 5.71 Å². The Labute approximate surface area is 48.5 Å². The quantitative estimate of drug-likeness (QED) is 0.236. The molecule has 1 fully saturated rings. The first-order valence-corrected chi connectivity index (χ1v) is 2.62. The Kier molecular flexibility index (Phi) is 1.08. The Morgan fingerprint density at radius 2 is 2.50 bits per heavy atom. The molecule has 0 aromatic rings. The fraction of sp³-hybridized carbons (Fsp3) is 0.500. The maximum absolute atomic E-state index is 8.21. The van der Waals surface area contributed by atoms with E-state index in [1.165, 1.54) is 5.57 Å². The van der Waals surface area contributed by atoms with E-state index in [1.807, 2.05) is 6.92 Å². The fourth-order valence-corrected chi connectivity index (χ4v) is 0.716. The summed E-state index contributed by atoms with van der Waals surface area (Å²) in [5.74, 6) is 0.389. The SMILES string of the molecule is C=C1CC1C(C)=NO. The molecule has 0 spiro atoms. The molecule has 1 rings (SSSR count). The van der Waals surface area contributed by atoms with Crippen molar-refractivity contribution in [2.24, 2.45) is 11.1 Å². The number of allylic oxidation sites excluding steroid dienone is 1. The van der Waals surface area contributed by atoms with Crippen molar-refractivity contribution in [1.29, 1.82) is 0 Å². The van der Waals surface area contributed by atoms with Gasteiger partial charge < -0.3 is 5.21 Å². The van der Waals surface area contributed by atoms with Crippen LogP contribution >= 0.6 is 0 Å². The van der Waals surface area contributed by atoms with Crippen LogP contribution in [0.1, 0.15) is 13.3 Å². The Morgan fingerprint density at radius 1 is 2.00 bits per heavy atom. The van der Waals surface area contributed by atoms with Crippen LogP contribution < -0.4 is 0 Å². The van der Waals surface area contributed by atoms with Gasteiger partial charge in [0.2, 0.25) is 0 Å². The first kappa shape index (κ1) is 5.35. The smallest absolute Gasteiger partial charge is 0.0614 e. The molecule has 0 saturated heterocycles. The topological polar surface area (TPSA) is 32.6 Å². The molecule has 2 nitrogen and oxygen atoms in total. The maximum Gasteiger partial charge on any atom is 0.0614 e. The van der Waals surface area contributed by atoms with Crippen LogP contribution in [0.15, 0.2) is 17.3 Å². The highest BCUT2D eigenvalue weighted by atomic mass is 16.4. The summed E-state index contributed by atoms with van der Waals surface area (Å²) in [6.07, 6.45) is 1.01. The van der Waals surface area contributed by atoms with Crippen LogP contribution in [-0.2, 0) is 0 Å². The van der Waals surface area contributed by atoms with Crippen molar-refractivity contribution in [2.75, 3.05) is 0 Å². The summed E-state index contributed by atoms with van der Waals surface area (Å²) < 4.78 is 0. The van der Waals surface area contributed by atoms with Crippen molar-refractivity contribution in [3.05, 3.63) is 12.2 Å². The minimum atomic E-state index is 0.389. The van der Waals surface area contributed by atoms with Gasteiger partial charge in [0.1, 0.15) is 0 Å². The molecule has 44 valence electrons. The van der Waals surface area contributed by atoms with Crippen molar-refractivity contribution in [3.8, 4) is 0 Å². The van der Waals surface area contributed by atoms with E-state index in [1.54, 1.807) is 0 Å². The van der Waals surface area contributed by atoms with Gasteiger partial charge in [-0.05, 0) is 13.3 Å². The molecule has 1 N–H and O–H groups in total. The number of rotatable bonds is 1.